The normalized spacial score (nSPS) is 10.5. The number of anilines is 1. The first-order valence-electron chi connectivity index (χ1n) is 8.27. The Balaban J connectivity index is 1.82. The number of nitrogens with one attached hydrogen (secondary N) is 1. The number of benzene rings is 1. The molecule has 1 heterocycles. The summed E-state index contributed by atoms with van der Waals surface area (Å²) in [6, 6.07) is 11.8. The molecule has 2 aromatic rings. The minimum Gasteiger partial charge on any atom is -0.383 e. The molecule has 23 heavy (non-hydrogen) atoms. The Hall–Kier alpha value is -2.36. The Labute approximate surface area is 138 Å². The van der Waals surface area contributed by atoms with Gasteiger partial charge >= 0.3 is 0 Å². The van der Waals surface area contributed by atoms with Crippen LogP contribution in [0.5, 0.6) is 0 Å². The number of aryl methyl sites for hydroxylation is 1. The van der Waals surface area contributed by atoms with E-state index in [-0.39, 0.29) is 11.7 Å². The van der Waals surface area contributed by atoms with Crippen molar-refractivity contribution in [1.82, 2.24) is 10.3 Å². The molecular formula is C19H25N3O. The molecule has 122 valence electrons. The maximum Gasteiger partial charge on any atom is 0.255 e. The van der Waals surface area contributed by atoms with Gasteiger partial charge in [0.1, 0.15) is 5.82 Å². The summed E-state index contributed by atoms with van der Waals surface area (Å²) in [5.74, 6) is 0.0617. The van der Waals surface area contributed by atoms with E-state index in [1.54, 1.807) is 18.3 Å². The summed E-state index contributed by atoms with van der Waals surface area (Å²) >= 11 is 0. The summed E-state index contributed by atoms with van der Waals surface area (Å²) in [5.41, 5.74) is 8.56. The first kappa shape index (κ1) is 17.0. The summed E-state index contributed by atoms with van der Waals surface area (Å²) in [6.07, 6.45) is 7.80. The van der Waals surface area contributed by atoms with Crippen molar-refractivity contribution in [1.29, 1.82) is 0 Å². The Kier molecular flexibility index (Phi) is 6.60. The number of aromatic nitrogens is 1. The van der Waals surface area contributed by atoms with E-state index in [1.807, 2.05) is 0 Å². The van der Waals surface area contributed by atoms with Crippen LogP contribution in [0.2, 0.25) is 0 Å². The lowest BCUT2D eigenvalue weighted by molar-refractivity contribution is 0.0951. The lowest BCUT2D eigenvalue weighted by Crippen LogP contribution is -2.24. The van der Waals surface area contributed by atoms with Gasteiger partial charge in [-0.25, -0.2) is 4.98 Å². The van der Waals surface area contributed by atoms with E-state index >= 15 is 0 Å². The van der Waals surface area contributed by atoms with Gasteiger partial charge in [-0.3, -0.25) is 4.79 Å². The number of unbranched alkanes of at least 4 members (excludes halogenated alkanes) is 3. The standard InChI is InChI=1S/C19H25N3O/c1-2-3-4-5-7-15-9-11-16(12-10-15)14-22-19(23)17-8-6-13-21-18(17)20/h6,8-13H,2-5,7,14H2,1H3,(H2,20,21)(H,22,23). The van der Waals surface area contributed by atoms with Crippen LogP contribution in [0.25, 0.3) is 0 Å². The van der Waals surface area contributed by atoms with Crippen LogP contribution in [0.3, 0.4) is 0 Å². The van der Waals surface area contributed by atoms with Crippen LogP contribution in [-0.2, 0) is 13.0 Å². The number of nitrogens with zero attached hydrogens (tertiary/aromatic N) is 1. The third kappa shape index (κ3) is 5.40. The highest BCUT2D eigenvalue weighted by atomic mass is 16.1. The van der Waals surface area contributed by atoms with Crippen molar-refractivity contribution < 1.29 is 4.79 Å². The molecule has 0 fully saturated rings. The second-order valence-corrected chi connectivity index (χ2v) is 5.75. The molecule has 0 aliphatic rings. The van der Waals surface area contributed by atoms with Crippen LogP contribution in [0.1, 0.15) is 54.1 Å². The zero-order chi connectivity index (χ0) is 16.5. The summed E-state index contributed by atoms with van der Waals surface area (Å²) in [6.45, 7) is 2.71. The topological polar surface area (TPSA) is 68.0 Å². The average Bonchev–Trinajstić information content (AvgIpc) is 2.58. The van der Waals surface area contributed by atoms with Crippen molar-refractivity contribution in [2.75, 3.05) is 5.73 Å². The van der Waals surface area contributed by atoms with Gasteiger partial charge in [0.25, 0.3) is 5.91 Å². The molecule has 0 bridgehead atoms. The zero-order valence-electron chi connectivity index (χ0n) is 13.7. The monoisotopic (exact) mass is 311 g/mol. The molecule has 0 spiro atoms. The van der Waals surface area contributed by atoms with E-state index in [2.05, 4.69) is 41.5 Å². The Morgan fingerprint density at radius 2 is 1.83 bits per heavy atom. The Morgan fingerprint density at radius 3 is 2.52 bits per heavy atom. The number of pyridine rings is 1. The highest BCUT2D eigenvalue weighted by molar-refractivity contribution is 5.98. The van der Waals surface area contributed by atoms with Gasteiger partial charge in [0.2, 0.25) is 0 Å². The van der Waals surface area contributed by atoms with E-state index in [9.17, 15) is 4.79 Å². The number of hydrogen-bond donors (Lipinski definition) is 2. The number of rotatable bonds is 8. The molecule has 1 amide bonds. The SMILES string of the molecule is CCCCCCc1ccc(CNC(=O)c2cccnc2N)cc1. The average molecular weight is 311 g/mol. The third-order valence-corrected chi connectivity index (χ3v) is 3.88. The van der Waals surface area contributed by atoms with Crippen LogP contribution >= 0.6 is 0 Å². The summed E-state index contributed by atoms with van der Waals surface area (Å²) in [7, 11) is 0. The van der Waals surface area contributed by atoms with Gasteiger partial charge in [-0.05, 0) is 36.1 Å². The number of nitrogens with two attached hydrogens (primary N) is 1. The number of carbonyl (C=O) groups excluding carboxylic acids is 1. The fourth-order valence-corrected chi connectivity index (χ4v) is 2.47. The van der Waals surface area contributed by atoms with E-state index in [0.29, 0.717) is 12.1 Å². The number of amides is 1. The van der Waals surface area contributed by atoms with Crippen LogP contribution < -0.4 is 11.1 Å². The van der Waals surface area contributed by atoms with Crippen LogP contribution in [0.4, 0.5) is 5.82 Å². The minimum absolute atomic E-state index is 0.195. The maximum atomic E-state index is 12.1. The maximum absolute atomic E-state index is 12.1. The summed E-state index contributed by atoms with van der Waals surface area (Å²) < 4.78 is 0. The van der Waals surface area contributed by atoms with E-state index in [0.717, 1.165) is 12.0 Å². The molecule has 1 aromatic carbocycles. The van der Waals surface area contributed by atoms with Gasteiger partial charge in [-0.2, -0.15) is 0 Å². The molecule has 0 aliphatic carbocycles. The summed E-state index contributed by atoms with van der Waals surface area (Å²) in [4.78, 5) is 16.0. The first-order chi connectivity index (χ1) is 11.2. The van der Waals surface area contributed by atoms with E-state index in [1.165, 1.54) is 31.2 Å². The highest BCUT2D eigenvalue weighted by Crippen LogP contribution is 2.11. The van der Waals surface area contributed by atoms with Gasteiger partial charge in [0, 0.05) is 12.7 Å². The molecule has 0 saturated carbocycles. The van der Waals surface area contributed by atoms with Crippen molar-refractivity contribution in [3.05, 3.63) is 59.3 Å². The van der Waals surface area contributed by atoms with Gasteiger partial charge in [-0.15, -0.1) is 0 Å². The Morgan fingerprint density at radius 1 is 1.09 bits per heavy atom. The van der Waals surface area contributed by atoms with Crippen molar-refractivity contribution in [3.8, 4) is 0 Å². The third-order valence-electron chi connectivity index (χ3n) is 3.88. The molecule has 1 aromatic heterocycles. The predicted octanol–water partition coefficient (Wildman–Crippen LogP) is 3.72. The molecule has 0 unspecified atom stereocenters. The molecule has 3 N–H and O–H groups in total. The number of nitrogen functional groups attached to an aromatic ring is 1. The lowest BCUT2D eigenvalue weighted by Gasteiger charge is -2.08. The van der Waals surface area contributed by atoms with Crippen molar-refractivity contribution >= 4 is 11.7 Å². The van der Waals surface area contributed by atoms with E-state index in [4.69, 9.17) is 5.73 Å². The van der Waals surface area contributed by atoms with E-state index < -0.39 is 0 Å². The highest BCUT2D eigenvalue weighted by Gasteiger charge is 2.09. The zero-order valence-corrected chi connectivity index (χ0v) is 13.7. The number of hydrogen-bond acceptors (Lipinski definition) is 3. The molecular weight excluding hydrogens is 286 g/mol. The second kappa shape index (κ2) is 8.93. The lowest BCUT2D eigenvalue weighted by atomic mass is 10.0. The molecule has 4 nitrogen and oxygen atoms in total. The molecule has 0 atom stereocenters. The quantitative estimate of drug-likeness (QED) is 0.730. The molecule has 0 aliphatic heterocycles. The summed E-state index contributed by atoms with van der Waals surface area (Å²) in [5, 5.41) is 2.88. The van der Waals surface area contributed by atoms with Crippen molar-refractivity contribution in [2.24, 2.45) is 0 Å². The Bertz CT molecular complexity index is 623. The number of carbonyl (C=O) groups is 1. The van der Waals surface area contributed by atoms with Crippen molar-refractivity contribution in [3.63, 3.8) is 0 Å². The van der Waals surface area contributed by atoms with Crippen LogP contribution in [0.15, 0.2) is 42.6 Å². The van der Waals surface area contributed by atoms with Crippen LogP contribution in [0, 0.1) is 0 Å². The minimum atomic E-state index is -0.195. The molecule has 0 radical (unpaired) electrons. The van der Waals surface area contributed by atoms with Gasteiger partial charge in [0.05, 0.1) is 5.56 Å². The smallest absolute Gasteiger partial charge is 0.255 e. The molecule has 0 saturated heterocycles. The van der Waals surface area contributed by atoms with Gasteiger partial charge in [0.15, 0.2) is 0 Å². The fraction of sp³-hybridized carbons (Fsp3) is 0.368. The fourth-order valence-electron chi connectivity index (χ4n) is 2.47. The van der Waals surface area contributed by atoms with Gasteiger partial charge in [-0.1, -0.05) is 50.5 Å². The van der Waals surface area contributed by atoms with Gasteiger partial charge < -0.3 is 11.1 Å². The molecule has 2 rings (SSSR count). The largest absolute Gasteiger partial charge is 0.383 e. The molecule has 4 heteroatoms. The second-order valence-electron chi connectivity index (χ2n) is 5.75. The van der Waals surface area contributed by atoms with Crippen molar-refractivity contribution in [2.45, 2.75) is 45.6 Å². The van der Waals surface area contributed by atoms with Crippen LogP contribution in [-0.4, -0.2) is 10.9 Å². The predicted molar refractivity (Wildman–Crippen MR) is 94.1 cm³/mol. The first-order valence-corrected chi connectivity index (χ1v) is 8.27.